The van der Waals surface area contributed by atoms with Crippen LogP contribution < -0.4 is 0 Å². The first-order chi connectivity index (χ1) is 6.22. The summed E-state index contributed by atoms with van der Waals surface area (Å²) in [4.78, 5) is 2.40. The fourth-order valence-electron chi connectivity index (χ4n) is 1.61. The number of hydrogen-bond acceptors (Lipinski definition) is 3. The average Bonchev–Trinajstić information content (AvgIpc) is 2.52. The summed E-state index contributed by atoms with van der Waals surface area (Å²) in [6.45, 7) is 8.24. The standard InChI is InChI=1S/C10H21NO2/c1-9(2)13-7-6-11-5-4-10(8-11)12-3/h9-10H,4-8H2,1-3H3/t10-/m1/s1. The first kappa shape index (κ1) is 11.0. The minimum absolute atomic E-state index is 0.348. The van der Waals surface area contributed by atoms with Crippen molar-refractivity contribution in [2.24, 2.45) is 0 Å². The first-order valence-electron chi connectivity index (χ1n) is 5.09. The Morgan fingerprint density at radius 3 is 2.77 bits per heavy atom. The van der Waals surface area contributed by atoms with Crippen LogP contribution in [0.1, 0.15) is 20.3 Å². The number of methoxy groups -OCH3 is 1. The molecule has 1 fully saturated rings. The van der Waals surface area contributed by atoms with Crippen LogP contribution in [0.2, 0.25) is 0 Å². The Kier molecular flexibility index (Phi) is 4.70. The molecule has 3 heteroatoms. The highest BCUT2D eigenvalue weighted by atomic mass is 16.5. The Hall–Kier alpha value is -0.120. The van der Waals surface area contributed by atoms with Gasteiger partial charge in [-0.1, -0.05) is 0 Å². The van der Waals surface area contributed by atoms with Gasteiger partial charge in [-0.3, -0.25) is 4.90 Å². The highest BCUT2D eigenvalue weighted by molar-refractivity contribution is 4.75. The molecule has 1 atom stereocenters. The highest BCUT2D eigenvalue weighted by Gasteiger charge is 2.21. The van der Waals surface area contributed by atoms with Crippen molar-refractivity contribution in [3.8, 4) is 0 Å². The second-order valence-electron chi connectivity index (χ2n) is 3.87. The number of hydrogen-bond donors (Lipinski definition) is 0. The summed E-state index contributed by atoms with van der Waals surface area (Å²) in [5.74, 6) is 0. The van der Waals surface area contributed by atoms with Gasteiger partial charge in [0, 0.05) is 26.7 Å². The maximum Gasteiger partial charge on any atom is 0.0710 e. The first-order valence-corrected chi connectivity index (χ1v) is 5.09. The Bertz CT molecular complexity index is 139. The van der Waals surface area contributed by atoms with Crippen molar-refractivity contribution in [3.63, 3.8) is 0 Å². The molecule has 13 heavy (non-hydrogen) atoms. The minimum atomic E-state index is 0.348. The minimum Gasteiger partial charge on any atom is -0.380 e. The van der Waals surface area contributed by atoms with Crippen molar-refractivity contribution in [2.45, 2.75) is 32.5 Å². The van der Waals surface area contributed by atoms with Gasteiger partial charge in [0.05, 0.1) is 18.8 Å². The van der Waals surface area contributed by atoms with E-state index in [1.54, 1.807) is 7.11 Å². The van der Waals surface area contributed by atoms with Crippen LogP contribution in [0.15, 0.2) is 0 Å². The predicted octanol–water partition coefficient (Wildman–Crippen LogP) is 1.13. The lowest BCUT2D eigenvalue weighted by atomic mass is 10.3. The van der Waals surface area contributed by atoms with E-state index < -0.39 is 0 Å². The van der Waals surface area contributed by atoms with E-state index in [2.05, 4.69) is 18.7 Å². The second-order valence-corrected chi connectivity index (χ2v) is 3.87. The summed E-state index contributed by atoms with van der Waals surface area (Å²) in [6, 6.07) is 0. The van der Waals surface area contributed by atoms with Crippen molar-refractivity contribution in [1.82, 2.24) is 4.90 Å². The molecule has 78 valence electrons. The maximum atomic E-state index is 5.49. The third kappa shape index (κ3) is 4.07. The van der Waals surface area contributed by atoms with E-state index in [4.69, 9.17) is 9.47 Å². The molecule has 0 unspecified atom stereocenters. The fraction of sp³-hybridized carbons (Fsp3) is 1.00. The third-order valence-electron chi connectivity index (χ3n) is 2.42. The summed E-state index contributed by atoms with van der Waals surface area (Å²) in [5.41, 5.74) is 0. The largest absolute Gasteiger partial charge is 0.380 e. The molecule has 0 bridgehead atoms. The van der Waals surface area contributed by atoms with Crippen LogP contribution in [-0.4, -0.2) is 50.5 Å². The highest BCUT2D eigenvalue weighted by Crippen LogP contribution is 2.10. The number of nitrogens with zero attached hydrogens (tertiary/aromatic N) is 1. The van der Waals surface area contributed by atoms with Crippen molar-refractivity contribution >= 4 is 0 Å². The molecule has 1 aliphatic heterocycles. The van der Waals surface area contributed by atoms with Gasteiger partial charge >= 0.3 is 0 Å². The summed E-state index contributed by atoms with van der Waals surface area (Å²) in [7, 11) is 1.79. The van der Waals surface area contributed by atoms with Gasteiger partial charge in [0.2, 0.25) is 0 Å². The molecular weight excluding hydrogens is 166 g/mol. The summed E-state index contributed by atoms with van der Waals surface area (Å²) >= 11 is 0. The lowest BCUT2D eigenvalue weighted by Crippen LogP contribution is -2.27. The summed E-state index contributed by atoms with van der Waals surface area (Å²) < 4.78 is 10.8. The Labute approximate surface area is 81.0 Å². The predicted molar refractivity (Wildman–Crippen MR) is 52.9 cm³/mol. The van der Waals surface area contributed by atoms with Gasteiger partial charge in [0.1, 0.15) is 0 Å². The van der Waals surface area contributed by atoms with E-state index in [0.717, 1.165) is 32.7 Å². The van der Waals surface area contributed by atoms with Crippen LogP contribution in [-0.2, 0) is 9.47 Å². The SMILES string of the molecule is CO[C@@H]1CCN(CCOC(C)C)C1. The molecule has 0 aromatic rings. The molecule has 1 rings (SSSR count). The van der Waals surface area contributed by atoms with E-state index in [9.17, 15) is 0 Å². The van der Waals surface area contributed by atoms with E-state index in [-0.39, 0.29) is 0 Å². The molecule has 3 nitrogen and oxygen atoms in total. The average molecular weight is 187 g/mol. The van der Waals surface area contributed by atoms with E-state index in [1.807, 2.05) is 0 Å². The van der Waals surface area contributed by atoms with Crippen molar-refractivity contribution in [2.75, 3.05) is 33.4 Å². The van der Waals surface area contributed by atoms with Gasteiger partial charge in [-0.15, -0.1) is 0 Å². The van der Waals surface area contributed by atoms with E-state index in [0.29, 0.717) is 12.2 Å². The monoisotopic (exact) mass is 187 g/mol. The van der Waals surface area contributed by atoms with Crippen molar-refractivity contribution < 1.29 is 9.47 Å². The zero-order chi connectivity index (χ0) is 9.68. The van der Waals surface area contributed by atoms with Gasteiger partial charge in [-0.05, 0) is 20.3 Å². The normalized spacial score (nSPS) is 24.5. The Balaban J connectivity index is 2.03. The van der Waals surface area contributed by atoms with E-state index in [1.165, 1.54) is 0 Å². The Morgan fingerprint density at radius 2 is 2.23 bits per heavy atom. The summed E-state index contributed by atoms with van der Waals surface area (Å²) in [6.07, 6.45) is 1.96. The molecule has 0 N–H and O–H groups in total. The Morgan fingerprint density at radius 1 is 1.46 bits per heavy atom. The molecule has 0 aromatic heterocycles. The molecule has 1 aliphatic rings. The van der Waals surface area contributed by atoms with E-state index >= 15 is 0 Å². The quantitative estimate of drug-likeness (QED) is 0.644. The van der Waals surface area contributed by atoms with Gasteiger partial charge < -0.3 is 9.47 Å². The zero-order valence-electron chi connectivity index (χ0n) is 8.95. The molecule has 0 spiro atoms. The molecular formula is C10H21NO2. The van der Waals surface area contributed by atoms with Gasteiger partial charge in [0.25, 0.3) is 0 Å². The van der Waals surface area contributed by atoms with Crippen LogP contribution in [0.3, 0.4) is 0 Å². The smallest absolute Gasteiger partial charge is 0.0710 e. The van der Waals surface area contributed by atoms with Gasteiger partial charge in [0.15, 0.2) is 0 Å². The van der Waals surface area contributed by atoms with Crippen LogP contribution in [0.4, 0.5) is 0 Å². The lowest BCUT2D eigenvalue weighted by molar-refractivity contribution is 0.0574. The van der Waals surface area contributed by atoms with Crippen LogP contribution >= 0.6 is 0 Å². The molecule has 0 amide bonds. The molecule has 1 heterocycles. The van der Waals surface area contributed by atoms with Crippen LogP contribution in [0.5, 0.6) is 0 Å². The third-order valence-corrected chi connectivity index (χ3v) is 2.42. The van der Waals surface area contributed by atoms with Gasteiger partial charge in [-0.25, -0.2) is 0 Å². The fourth-order valence-corrected chi connectivity index (χ4v) is 1.61. The number of likely N-dealkylation sites (tertiary alicyclic amines) is 1. The van der Waals surface area contributed by atoms with Crippen molar-refractivity contribution in [1.29, 1.82) is 0 Å². The molecule has 0 saturated carbocycles. The van der Waals surface area contributed by atoms with Crippen LogP contribution in [0, 0.1) is 0 Å². The molecule has 1 saturated heterocycles. The maximum absolute atomic E-state index is 5.49. The number of ether oxygens (including phenoxy) is 2. The molecule has 0 radical (unpaired) electrons. The van der Waals surface area contributed by atoms with Gasteiger partial charge in [-0.2, -0.15) is 0 Å². The molecule has 0 aliphatic carbocycles. The topological polar surface area (TPSA) is 21.7 Å². The lowest BCUT2D eigenvalue weighted by Gasteiger charge is -2.16. The number of rotatable bonds is 5. The summed E-state index contributed by atoms with van der Waals surface area (Å²) in [5, 5.41) is 0. The zero-order valence-corrected chi connectivity index (χ0v) is 8.95. The van der Waals surface area contributed by atoms with Crippen molar-refractivity contribution in [3.05, 3.63) is 0 Å². The van der Waals surface area contributed by atoms with Crippen LogP contribution in [0.25, 0.3) is 0 Å². The molecule has 0 aromatic carbocycles. The second kappa shape index (κ2) is 5.58.